The number of hydrogen-bond acceptors (Lipinski definition) is 4. The van der Waals surface area contributed by atoms with E-state index < -0.39 is 5.92 Å². The lowest BCUT2D eigenvalue weighted by Crippen LogP contribution is -2.25. The predicted octanol–water partition coefficient (Wildman–Crippen LogP) is 1.06. The summed E-state index contributed by atoms with van der Waals surface area (Å²) in [6, 6.07) is 0. The molecule has 0 bridgehead atoms. The predicted molar refractivity (Wildman–Crippen MR) is 56.0 cm³/mol. The number of ketones is 3. The second kappa shape index (κ2) is 4.87. The van der Waals surface area contributed by atoms with Crippen molar-refractivity contribution in [3.05, 3.63) is 0 Å². The fourth-order valence-corrected chi connectivity index (χ4v) is 2.39. The van der Waals surface area contributed by atoms with E-state index in [1.54, 1.807) is 0 Å². The van der Waals surface area contributed by atoms with Gasteiger partial charge in [-0.2, -0.15) is 0 Å². The highest BCUT2D eigenvalue weighted by molar-refractivity contribution is 6.23. The molecule has 1 aliphatic heterocycles. The maximum atomic E-state index is 11.7. The van der Waals surface area contributed by atoms with Crippen molar-refractivity contribution in [1.29, 1.82) is 0 Å². The smallest absolute Gasteiger partial charge is 0.151 e. The minimum Gasteiger partial charge on any atom is -0.378 e. The molecular weight excluding hydrogens is 208 g/mol. The quantitative estimate of drug-likeness (QED) is 0.670. The van der Waals surface area contributed by atoms with E-state index in [0.29, 0.717) is 12.8 Å². The third-order valence-electron chi connectivity index (χ3n) is 3.32. The average molecular weight is 224 g/mol. The summed E-state index contributed by atoms with van der Waals surface area (Å²) >= 11 is 0. The molecule has 0 aromatic carbocycles. The lowest BCUT2D eigenvalue weighted by Gasteiger charge is -2.10. The van der Waals surface area contributed by atoms with Crippen molar-refractivity contribution < 1.29 is 19.1 Å². The Morgan fingerprint density at radius 3 is 2.50 bits per heavy atom. The van der Waals surface area contributed by atoms with Gasteiger partial charge in [-0.3, -0.25) is 14.4 Å². The van der Waals surface area contributed by atoms with E-state index in [2.05, 4.69) is 0 Å². The van der Waals surface area contributed by atoms with Crippen LogP contribution in [0.3, 0.4) is 0 Å². The van der Waals surface area contributed by atoms with Crippen LogP contribution in [0.1, 0.15) is 38.5 Å². The van der Waals surface area contributed by atoms with Crippen molar-refractivity contribution in [2.45, 2.75) is 44.6 Å². The van der Waals surface area contributed by atoms with Crippen molar-refractivity contribution in [1.82, 2.24) is 0 Å². The Balaban J connectivity index is 1.82. The molecular formula is C12H16O4. The molecule has 4 nitrogen and oxygen atoms in total. The highest BCUT2D eigenvalue weighted by atomic mass is 16.5. The summed E-state index contributed by atoms with van der Waals surface area (Å²) in [6.07, 6.45) is 3.61. The molecule has 1 saturated carbocycles. The number of hydrogen-bond donors (Lipinski definition) is 0. The number of rotatable bonds is 4. The molecule has 2 aliphatic rings. The Kier molecular flexibility index (Phi) is 3.49. The van der Waals surface area contributed by atoms with E-state index in [1.807, 2.05) is 0 Å². The number of Topliss-reactive ketones (excluding diaryl/α,β-unsaturated/α-hetero) is 3. The Hall–Kier alpha value is -1.03. The molecule has 0 aromatic rings. The van der Waals surface area contributed by atoms with E-state index in [-0.39, 0.29) is 36.3 Å². The number of carbonyl (C=O) groups excluding carboxylic acids is 3. The van der Waals surface area contributed by atoms with Gasteiger partial charge >= 0.3 is 0 Å². The maximum Gasteiger partial charge on any atom is 0.151 e. The van der Waals surface area contributed by atoms with Crippen molar-refractivity contribution in [2.75, 3.05) is 6.61 Å². The second-order valence-electron chi connectivity index (χ2n) is 4.51. The van der Waals surface area contributed by atoms with Gasteiger partial charge in [-0.25, -0.2) is 0 Å². The Labute approximate surface area is 94.3 Å². The fourth-order valence-electron chi connectivity index (χ4n) is 2.39. The average Bonchev–Trinajstić information content (AvgIpc) is 2.86. The molecule has 1 saturated heterocycles. The molecule has 0 radical (unpaired) electrons. The van der Waals surface area contributed by atoms with E-state index in [4.69, 9.17) is 4.74 Å². The Morgan fingerprint density at radius 2 is 1.94 bits per heavy atom. The summed E-state index contributed by atoms with van der Waals surface area (Å²) in [6.45, 7) is 0.764. The van der Waals surface area contributed by atoms with Crippen LogP contribution in [0, 0.1) is 5.92 Å². The van der Waals surface area contributed by atoms with Crippen LogP contribution in [0.25, 0.3) is 0 Å². The van der Waals surface area contributed by atoms with Gasteiger partial charge in [0, 0.05) is 25.9 Å². The molecule has 1 aliphatic carbocycles. The third kappa shape index (κ3) is 2.38. The van der Waals surface area contributed by atoms with E-state index in [1.165, 1.54) is 0 Å². The summed E-state index contributed by atoms with van der Waals surface area (Å²) in [5, 5.41) is 0. The topological polar surface area (TPSA) is 60.4 Å². The van der Waals surface area contributed by atoms with Crippen molar-refractivity contribution >= 4 is 17.3 Å². The van der Waals surface area contributed by atoms with Crippen LogP contribution in [0.5, 0.6) is 0 Å². The van der Waals surface area contributed by atoms with Crippen LogP contribution in [-0.4, -0.2) is 30.1 Å². The first-order valence-corrected chi connectivity index (χ1v) is 5.88. The van der Waals surface area contributed by atoms with Gasteiger partial charge in [0.25, 0.3) is 0 Å². The van der Waals surface area contributed by atoms with E-state index in [0.717, 1.165) is 19.4 Å². The monoisotopic (exact) mass is 224 g/mol. The van der Waals surface area contributed by atoms with Crippen molar-refractivity contribution in [3.63, 3.8) is 0 Å². The number of ether oxygens (including phenoxy) is 1. The number of carbonyl (C=O) groups is 3. The van der Waals surface area contributed by atoms with Crippen LogP contribution in [0.4, 0.5) is 0 Å². The summed E-state index contributed by atoms with van der Waals surface area (Å²) < 4.78 is 5.40. The van der Waals surface area contributed by atoms with Crippen LogP contribution in [-0.2, 0) is 19.1 Å². The first kappa shape index (κ1) is 11.5. The van der Waals surface area contributed by atoms with Crippen LogP contribution < -0.4 is 0 Å². The van der Waals surface area contributed by atoms with Crippen LogP contribution in [0.15, 0.2) is 0 Å². The van der Waals surface area contributed by atoms with Gasteiger partial charge in [0.05, 0.1) is 6.10 Å². The molecule has 0 aromatic heterocycles. The van der Waals surface area contributed by atoms with E-state index >= 15 is 0 Å². The van der Waals surface area contributed by atoms with Crippen molar-refractivity contribution in [3.8, 4) is 0 Å². The van der Waals surface area contributed by atoms with Gasteiger partial charge in [0.2, 0.25) is 0 Å². The Morgan fingerprint density at radius 1 is 1.25 bits per heavy atom. The van der Waals surface area contributed by atoms with Gasteiger partial charge in [-0.05, 0) is 19.3 Å². The zero-order valence-electron chi connectivity index (χ0n) is 9.24. The lowest BCUT2D eigenvalue weighted by atomic mass is 9.95. The highest BCUT2D eigenvalue weighted by Crippen LogP contribution is 2.23. The summed E-state index contributed by atoms with van der Waals surface area (Å²) in [7, 11) is 0. The summed E-state index contributed by atoms with van der Waals surface area (Å²) in [5.41, 5.74) is 0. The molecule has 4 heteroatoms. The molecule has 16 heavy (non-hydrogen) atoms. The first-order valence-electron chi connectivity index (χ1n) is 5.88. The van der Waals surface area contributed by atoms with E-state index in [9.17, 15) is 14.4 Å². The molecule has 2 rings (SSSR count). The zero-order valence-corrected chi connectivity index (χ0v) is 9.24. The third-order valence-corrected chi connectivity index (χ3v) is 3.32. The zero-order chi connectivity index (χ0) is 11.5. The molecule has 2 fully saturated rings. The molecule has 0 spiro atoms. The highest BCUT2D eigenvalue weighted by Gasteiger charge is 2.38. The van der Waals surface area contributed by atoms with Gasteiger partial charge < -0.3 is 4.74 Å². The lowest BCUT2D eigenvalue weighted by molar-refractivity contribution is -0.136. The normalized spacial score (nSPS) is 26.6. The molecule has 88 valence electrons. The molecule has 0 N–H and O–H groups in total. The first-order chi connectivity index (χ1) is 7.68. The van der Waals surface area contributed by atoms with Gasteiger partial charge in [-0.15, -0.1) is 0 Å². The van der Waals surface area contributed by atoms with Crippen LogP contribution in [0.2, 0.25) is 0 Å². The SMILES string of the molecule is O=C1CCC(=O)C1C(=O)CCC1CCCO1. The largest absolute Gasteiger partial charge is 0.378 e. The fraction of sp³-hybridized carbons (Fsp3) is 0.750. The van der Waals surface area contributed by atoms with Crippen molar-refractivity contribution in [2.24, 2.45) is 5.92 Å². The minimum atomic E-state index is -0.943. The van der Waals surface area contributed by atoms with Gasteiger partial charge in [-0.1, -0.05) is 0 Å². The summed E-state index contributed by atoms with van der Waals surface area (Å²) in [5.74, 6) is -1.53. The summed E-state index contributed by atoms with van der Waals surface area (Å²) in [4.78, 5) is 34.4. The minimum absolute atomic E-state index is 0.149. The maximum absolute atomic E-state index is 11.7. The van der Waals surface area contributed by atoms with Gasteiger partial charge in [0.15, 0.2) is 17.3 Å². The molecule has 1 heterocycles. The Bertz CT molecular complexity index is 299. The molecule has 1 unspecified atom stereocenters. The second-order valence-corrected chi connectivity index (χ2v) is 4.51. The van der Waals surface area contributed by atoms with Gasteiger partial charge in [0.1, 0.15) is 5.92 Å². The van der Waals surface area contributed by atoms with Crippen LogP contribution >= 0.6 is 0 Å². The molecule has 0 amide bonds. The molecule has 1 atom stereocenters. The standard InChI is InChI=1S/C12H16O4/c13-9(4-3-8-2-1-7-16-8)12-10(14)5-6-11(12)15/h8,12H,1-7H2.